The van der Waals surface area contributed by atoms with Gasteiger partial charge in [-0.3, -0.25) is 4.79 Å². The number of likely N-dealkylation sites (N-methyl/N-ethyl adjacent to an activating group) is 1. The Labute approximate surface area is 140 Å². The van der Waals surface area contributed by atoms with Crippen molar-refractivity contribution in [2.75, 3.05) is 33.7 Å². The van der Waals surface area contributed by atoms with E-state index in [0.717, 1.165) is 30.1 Å². The van der Waals surface area contributed by atoms with Gasteiger partial charge in [0.05, 0.1) is 9.21 Å². The molecule has 7 heteroatoms. The lowest BCUT2D eigenvalue weighted by Gasteiger charge is -2.25. The third-order valence-corrected chi connectivity index (χ3v) is 4.70. The van der Waals surface area contributed by atoms with Crippen LogP contribution in [0.25, 0.3) is 0 Å². The minimum absolute atomic E-state index is 0.0186. The molecule has 0 spiro atoms. The predicted molar refractivity (Wildman–Crippen MR) is 90.8 cm³/mol. The molecule has 0 N–H and O–H groups in total. The van der Waals surface area contributed by atoms with E-state index in [1.807, 2.05) is 31.1 Å². The molecule has 22 heavy (non-hydrogen) atoms. The van der Waals surface area contributed by atoms with Crippen LogP contribution in [0, 0.1) is 0 Å². The number of amides is 1. The van der Waals surface area contributed by atoms with Gasteiger partial charge in [0.15, 0.2) is 0 Å². The van der Waals surface area contributed by atoms with E-state index in [9.17, 15) is 4.79 Å². The van der Waals surface area contributed by atoms with E-state index in [4.69, 9.17) is 16.4 Å². The van der Waals surface area contributed by atoms with Crippen LogP contribution in [0.5, 0.6) is 0 Å². The summed E-state index contributed by atoms with van der Waals surface area (Å²) in [7, 11) is 4.00. The summed E-state index contributed by atoms with van der Waals surface area (Å²) < 4.78 is 0.714. The fraction of sp³-hybridized carbons (Fsp3) is 0.600. The largest absolute Gasteiger partial charge is 0.382 e. The summed E-state index contributed by atoms with van der Waals surface area (Å²) in [4.78, 5) is 22.9. The van der Waals surface area contributed by atoms with Crippen molar-refractivity contribution in [1.82, 2.24) is 9.80 Å². The Bertz CT molecular complexity index is 545. The highest BCUT2D eigenvalue weighted by Gasteiger charge is 2.32. The zero-order chi connectivity index (χ0) is 16.1. The number of oxime groups is 1. The van der Waals surface area contributed by atoms with E-state index in [0.29, 0.717) is 17.3 Å². The van der Waals surface area contributed by atoms with Crippen LogP contribution >= 0.6 is 22.9 Å². The number of thiophene rings is 1. The Balaban J connectivity index is 1.95. The van der Waals surface area contributed by atoms with Crippen molar-refractivity contribution in [1.29, 1.82) is 0 Å². The van der Waals surface area contributed by atoms with Crippen LogP contribution in [-0.2, 0) is 9.63 Å². The molecule has 1 aromatic rings. The van der Waals surface area contributed by atoms with Crippen LogP contribution < -0.4 is 0 Å². The number of halogens is 1. The highest BCUT2D eigenvalue weighted by atomic mass is 35.5. The SMILES string of the molecule is CCCN(CCN(C)C)C(=O)[C@@H]1CC(c2ccc(Cl)s2)=NO1. The van der Waals surface area contributed by atoms with Crippen molar-refractivity contribution in [3.05, 3.63) is 21.3 Å². The minimum Gasteiger partial charge on any atom is -0.382 e. The van der Waals surface area contributed by atoms with Crippen LogP contribution in [0.15, 0.2) is 17.3 Å². The van der Waals surface area contributed by atoms with Gasteiger partial charge in [-0.2, -0.15) is 0 Å². The molecule has 0 bridgehead atoms. The Morgan fingerprint density at radius 2 is 2.18 bits per heavy atom. The maximum atomic E-state index is 12.6. The van der Waals surface area contributed by atoms with Gasteiger partial charge >= 0.3 is 0 Å². The summed E-state index contributed by atoms with van der Waals surface area (Å²) in [5.74, 6) is 0.0186. The second-order valence-corrected chi connectivity index (χ2v) is 7.28. The molecule has 2 heterocycles. The molecule has 0 saturated carbocycles. The normalized spacial score (nSPS) is 17.5. The molecule has 1 atom stereocenters. The van der Waals surface area contributed by atoms with Gasteiger partial charge in [-0.15, -0.1) is 11.3 Å². The molecule has 0 saturated heterocycles. The number of carbonyl (C=O) groups is 1. The lowest BCUT2D eigenvalue weighted by atomic mass is 10.1. The van der Waals surface area contributed by atoms with E-state index >= 15 is 0 Å². The van der Waals surface area contributed by atoms with Crippen molar-refractivity contribution < 1.29 is 9.63 Å². The van der Waals surface area contributed by atoms with Crippen molar-refractivity contribution >= 4 is 34.6 Å². The van der Waals surface area contributed by atoms with Crippen LogP contribution in [0.3, 0.4) is 0 Å². The van der Waals surface area contributed by atoms with Gasteiger partial charge in [0.1, 0.15) is 5.71 Å². The summed E-state index contributed by atoms with van der Waals surface area (Å²) in [5, 5.41) is 4.07. The molecule has 1 amide bonds. The van der Waals surface area contributed by atoms with Gasteiger partial charge in [0.25, 0.3) is 5.91 Å². The fourth-order valence-electron chi connectivity index (χ4n) is 2.25. The Morgan fingerprint density at radius 1 is 1.41 bits per heavy atom. The van der Waals surface area contributed by atoms with E-state index in [1.54, 1.807) is 0 Å². The third kappa shape index (κ3) is 4.44. The monoisotopic (exact) mass is 343 g/mol. The number of carbonyl (C=O) groups excluding carboxylic acids is 1. The summed E-state index contributed by atoms with van der Waals surface area (Å²) in [6.07, 6.45) is 0.933. The van der Waals surface area contributed by atoms with Crippen molar-refractivity contribution in [3.8, 4) is 0 Å². The molecule has 0 aromatic carbocycles. The zero-order valence-electron chi connectivity index (χ0n) is 13.2. The molecule has 1 aromatic heterocycles. The molecule has 0 aliphatic carbocycles. The average Bonchev–Trinajstić information content (AvgIpc) is 3.11. The lowest BCUT2D eigenvalue weighted by Crippen LogP contribution is -2.43. The van der Waals surface area contributed by atoms with E-state index in [-0.39, 0.29) is 5.91 Å². The lowest BCUT2D eigenvalue weighted by molar-refractivity contribution is -0.142. The van der Waals surface area contributed by atoms with Crippen molar-refractivity contribution in [3.63, 3.8) is 0 Å². The van der Waals surface area contributed by atoms with E-state index in [1.165, 1.54) is 11.3 Å². The molecule has 0 radical (unpaired) electrons. The first-order chi connectivity index (χ1) is 10.5. The second kappa shape index (κ2) is 7.94. The molecule has 1 aliphatic rings. The molecular weight excluding hydrogens is 322 g/mol. The van der Waals surface area contributed by atoms with Crippen LogP contribution in [0.1, 0.15) is 24.6 Å². The van der Waals surface area contributed by atoms with Gasteiger partial charge in [-0.1, -0.05) is 23.7 Å². The Hall–Kier alpha value is -1.11. The van der Waals surface area contributed by atoms with Gasteiger partial charge in [0.2, 0.25) is 6.10 Å². The van der Waals surface area contributed by atoms with Crippen LogP contribution in [0.2, 0.25) is 4.34 Å². The van der Waals surface area contributed by atoms with Gasteiger partial charge in [-0.05, 0) is 32.6 Å². The van der Waals surface area contributed by atoms with Crippen LogP contribution in [-0.4, -0.2) is 61.3 Å². The summed E-state index contributed by atoms with van der Waals surface area (Å²) in [6, 6.07) is 3.75. The molecule has 1 aliphatic heterocycles. The maximum absolute atomic E-state index is 12.6. The topological polar surface area (TPSA) is 45.1 Å². The van der Waals surface area contributed by atoms with Gasteiger partial charge in [0, 0.05) is 26.1 Å². The van der Waals surface area contributed by atoms with E-state index in [2.05, 4.69) is 17.0 Å². The van der Waals surface area contributed by atoms with Gasteiger partial charge in [-0.25, -0.2) is 0 Å². The molecule has 0 fully saturated rings. The summed E-state index contributed by atoms with van der Waals surface area (Å²) >= 11 is 7.40. The van der Waals surface area contributed by atoms with Crippen molar-refractivity contribution in [2.24, 2.45) is 5.16 Å². The highest BCUT2D eigenvalue weighted by molar-refractivity contribution is 7.18. The Morgan fingerprint density at radius 3 is 2.77 bits per heavy atom. The predicted octanol–water partition coefficient (Wildman–Crippen LogP) is 2.69. The number of nitrogens with zero attached hydrogens (tertiary/aromatic N) is 3. The number of rotatable bonds is 7. The second-order valence-electron chi connectivity index (χ2n) is 5.57. The smallest absolute Gasteiger partial charge is 0.266 e. The first kappa shape index (κ1) is 17.2. The minimum atomic E-state index is -0.510. The highest BCUT2D eigenvalue weighted by Crippen LogP contribution is 2.26. The average molecular weight is 344 g/mol. The van der Waals surface area contributed by atoms with Crippen LogP contribution in [0.4, 0.5) is 0 Å². The molecular formula is C15H22ClN3O2S. The fourth-order valence-corrected chi connectivity index (χ4v) is 3.28. The van der Waals surface area contributed by atoms with E-state index < -0.39 is 6.10 Å². The standard InChI is InChI=1S/C15H22ClN3O2S/c1-4-7-19(9-8-18(2)3)15(20)12-10-11(17-21-12)13-5-6-14(16)22-13/h5-6,12H,4,7-10H2,1-3H3/t12-/m0/s1. The number of hydrogen-bond donors (Lipinski definition) is 0. The quantitative estimate of drug-likeness (QED) is 0.764. The molecule has 0 unspecified atom stereocenters. The summed E-state index contributed by atoms with van der Waals surface area (Å²) in [5.41, 5.74) is 0.805. The Kier molecular flexibility index (Phi) is 6.23. The third-order valence-electron chi connectivity index (χ3n) is 3.42. The maximum Gasteiger partial charge on any atom is 0.266 e. The van der Waals surface area contributed by atoms with Gasteiger partial charge < -0.3 is 14.6 Å². The first-order valence-electron chi connectivity index (χ1n) is 7.43. The summed E-state index contributed by atoms with van der Waals surface area (Å²) in [6.45, 7) is 4.36. The molecule has 2 rings (SSSR count). The molecule has 5 nitrogen and oxygen atoms in total. The van der Waals surface area contributed by atoms with Crippen molar-refractivity contribution in [2.45, 2.75) is 25.9 Å². The first-order valence-corrected chi connectivity index (χ1v) is 8.62. The number of hydrogen-bond acceptors (Lipinski definition) is 5. The zero-order valence-corrected chi connectivity index (χ0v) is 14.8. The molecule has 122 valence electrons.